The molecule has 6 atom stereocenters. The molecule has 7 rings (SSSR count). The Kier molecular flexibility index (Phi) is 8.30. The van der Waals surface area contributed by atoms with Crippen molar-refractivity contribution in [1.82, 2.24) is 21.1 Å². The summed E-state index contributed by atoms with van der Waals surface area (Å²) in [4.78, 5) is 42.9. The number of nitrogens with one attached hydrogen (secondary N) is 4. The number of aromatic nitrogens is 1. The quantitative estimate of drug-likeness (QED) is 0.130. The fraction of sp³-hybridized carbons (Fsp3) is 0.500. The molecule has 1 aliphatic heterocycles. The molecule has 2 aromatic carbocycles. The lowest BCUT2D eigenvalue weighted by molar-refractivity contribution is -0.185. The van der Waals surface area contributed by atoms with E-state index in [1.54, 1.807) is 17.6 Å². The van der Waals surface area contributed by atoms with Crippen LogP contribution in [0.5, 0.6) is 0 Å². The van der Waals surface area contributed by atoms with Crippen LogP contribution in [0, 0.1) is 23.2 Å². The van der Waals surface area contributed by atoms with Gasteiger partial charge in [0, 0.05) is 34.6 Å². The van der Waals surface area contributed by atoms with Crippen LogP contribution in [0.25, 0.3) is 10.9 Å². The minimum absolute atomic E-state index is 0.0285. The molecule has 0 radical (unpaired) electrons. The minimum atomic E-state index is -0.937. The number of H-pyrrole nitrogens is 1. The summed E-state index contributed by atoms with van der Waals surface area (Å²) in [6.45, 7) is 11.0. The summed E-state index contributed by atoms with van der Waals surface area (Å²) in [5.74, 6) is -0.746. The number of carbonyl (C=O) groups excluding carboxylic acids is 3. The van der Waals surface area contributed by atoms with Crippen LogP contribution in [0.1, 0.15) is 80.2 Å². The highest BCUT2D eigenvalue weighted by molar-refractivity contribution is 6.48. The van der Waals surface area contributed by atoms with Gasteiger partial charge in [0.2, 0.25) is 5.91 Å². The van der Waals surface area contributed by atoms with Gasteiger partial charge in [-0.3, -0.25) is 19.6 Å². The van der Waals surface area contributed by atoms with Gasteiger partial charge in [0.05, 0.1) is 17.6 Å². The van der Waals surface area contributed by atoms with Crippen molar-refractivity contribution in [1.29, 1.82) is 0 Å². The van der Waals surface area contributed by atoms with Crippen molar-refractivity contribution in [2.45, 2.75) is 84.0 Å². The van der Waals surface area contributed by atoms with E-state index in [1.807, 2.05) is 30.5 Å². The highest BCUT2D eigenvalue weighted by Crippen LogP contribution is 2.64. The molecule has 2 bridgehead atoms. The third-order valence-corrected chi connectivity index (χ3v) is 10.4. The second kappa shape index (κ2) is 11.9. The van der Waals surface area contributed by atoms with Crippen LogP contribution < -0.4 is 16.1 Å². The van der Waals surface area contributed by atoms with Gasteiger partial charge in [0.25, 0.3) is 11.8 Å². The van der Waals surface area contributed by atoms with Gasteiger partial charge in [-0.25, -0.2) is 5.48 Å². The Labute approximate surface area is 264 Å². The summed E-state index contributed by atoms with van der Waals surface area (Å²) in [6.07, 6.45) is 4.79. The first-order valence-electron chi connectivity index (χ1n) is 15.9. The maximum absolute atomic E-state index is 14.2. The Morgan fingerprint density at radius 1 is 1.04 bits per heavy atom. The highest BCUT2D eigenvalue weighted by Gasteiger charge is 2.67. The highest BCUT2D eigenvalue weighted by atomic mass is 16.7. The van der Waals surface area contributed by atoms with Gasteiger partial charge in [0.1, 0.15) is 6.04 Å². The predicted molar refractivity (Wildman–Crippen MR) is 170 cm³/mol. The molecule has 0 spiro atoms. The Morgan fingerprint density at radius 3 is 2.49 bits per heavy atom. The van der Waals surface area contributed by atoms with Crippen molar-refractivity contribution >= 4 is 35.7 Å². The third kappa shape index (κ3) is 5.89. The largest absolute Gasteiger partial charge is 0.481 e. The van der Waals surface area contributed by atoms with E-state index in [4.69, 9.17) is 14.5 Å². The fourth-order valence-corrected chi connectivity index (χ4v) is 7.78. The van der Waals surface area contributed by atoms with Crippen LogP contribution in [-0.4, -0.2) is 58.7 Å². The topological polar surface area (TPSA) is 142 Å². The molecule has 10 nitrogen and oxygen atoms in total. The molecule has 5 N–H and O–H groups in total. The van der Waals surface area contributed by atoms with Crippen molar-refractivity contribution < 1.29 is 28.9 Å². The van der Waals surface area contributed by atoms with Crippen molar-refractivity contribution in [3.05, 3.63) is 71.4 Å². The first-order valence-corrected chi connectivity index (χ1v) is 15.9. The molecular weight excluding hydrogens is 571 g/mol. The lowest BCUT2D eigenvalue weighted by Gasteiger charge is -2.63. The van der Waals surface area contributed by atoms with Gasteiger partial charge in [-0.2, -0.15) is 0 Å². The summed E-state index contributed by atoms with van der Waals surface area (Å²) in [5.41, 5.74) is 3.53. The van der Waals surface area contributed by atoms with E-state index >= 15 is 0 Å². The molecule has 11 heteroatoms. The number of benzene rings is 2. The van der Waals surface area contributed by atoms with Crippen molar-refractivity contribution in [2.24, 2.45) is 23.2 Å². The maximum atomic E-state index is 14.2. The number of para-hydroxylation sites is 1. The van der Waals surface area contributed by atoms with Crippen LogP contribution in [0.2, 0.25) is 0 Å². The van der Waals surface area contributed by atoms with E-state index in [9.17, 15) is 14.4 Å². The van der Waals surface area contributed by atoms with E-state index in [0.717, 1.165) is 29.3 Å². The Bertz CT molecular complexity index is 1610. The van der Waals surface area contributed by atoms with Gasteiger partial charge in [-0.1, -0.05) is 52.0 Å². The monoisotopic (exact) mass is 614 g/mol. The number of amides is 3. The van der Waals surface area contributed by atoms with E-state index in [1.165, 1.54) is 12.1 Å². The summed E-state index contributed by atoms with van der Waals surface area (Å²) in [6, 6.07) is 12.8. The van der Waals surface area contributed by atoms with E-state index in [0.29, 0.717) is 18.3 Å². The zero-order valence-corrected chi connectivity index (χ0v) is 26.6. The first-order chi connectivity index (χ1) is 21.4. The zero-order chi connectivity index (χ0) is 32.1. The molecule has 1 unspecified atom stereocenters. The summed E-state index contributed by atoms with van der Waals surface area (Å²) in [7, 11) is -0.598. The molecule has 4 aliphatic rings. The van der Waals surface area contributed by atoms with Gasteiger partial charge >= 0.3 is 7.12 Å². The van der Waals surface area contributed by atoms with E-state index in [-0.39, 0.29) is 40.9 Å². The fourth-order valence-electron chi connectivity index (χ4n) is 7.78. The smallest absolute Gasteiger partial charge is 0.404 e. The molecule has 45 heavy (non-hydrogen) atoms. The molecule has 1 aromatic heterocycles. The molecule has 3 aliphatic carbocycles. The van der Waals surface area contributed by atoms with Crippen LogP contribution in [-0.2, 0) is 20.5 Å². The summed E-state index contributed by atoms with van der Waals surface area (Å²) >= 11 is 0. The average molecular weight is 615 g/mol. The first kappa shape index (κ1) is 31.3. The lowest BCUT2D eigenvalue weighted by atomic mass is 9.45. The maximum Gasteiger partial charge on any atom is 0.481 e. The van der Waals surface area contributed by atoms with Gasteiger partial charge in [-0.05, 0) is 79.2 Å². The third-order valence-electron chi connectivity index (χ3n) is 10.4. The van der Waals surface area contributed by atoms with Gasteiger partial charge < -0.3 is 24.9 Å². The van der Waals surface area contributed by atoms with Gasteiger partial charge in [0.15, 0.2) is 0 Å². The zero-order valence-electron chi connectivity index (χ0n) is 26.6. The molecule has 2 heterocycles. The molecule has 3 aromatic rings. The SMILES string of the molecule is CC(C)C[C@H](NC(=O)[C@H](Cc1c[nH]c2ccccc12)NC(=O)c1cccc(C(=O)NO)c1)B1OC2[C@@H]3C[C@H](C[C@]2(C)O1)C3(C)C. The summed E-state index contributed by atoms with van der Waals surface area (Å²) in [5, 5.41) is 16.1. The number of rotatable bonds is 10. The number of hydrogen-bond acceptors (Lipinski definition) is 6. The number of fused-ring (bicyclic) bond motifs is 1. The van der Waals surface area contributed by atoms with Crippen molar-refractivity contribution in [3.63, 3.8) is 0 Å². The minimum Gasteiger partial charge on any atom is -0.404 e. The average Bonchev–Trinajstić information content (AvgIpc) is 3.60. The molecule has 3 amide bonds. The Morgan fingerprint density at radius 2 is 1.78 bits per heavy atom. The lowest BCUT2D eigenvalue weighted by Crippen LogP contribution is -2.63. The molecular formula is C34H43BN4O6. The van der Waals surface area contributed by atoms with Gasteiger partial charge in [-0.15, -0.1) is 0 Å². The number of hydroxylamine groups is 1. The predicted octanol–water partition coefficient (Wildman–Crippen LogP) is 4.43. The molecule has 4 fully saturated rings. The van der Waals surface area contributed by atoms with Crippen LogP contribution >= 0.6 is 0 Å². The number of carbonyl (C=O) groups is 3. The number of aromatic amines is 1. The second-order valence-electron chi connectivity index (χ2n) is 14.3. The molecule has 1 saturated heterocycles. The molecule has 3 saturated carbocycles. The molecule has 238 valence electrons. The van der Waals surface area contributed by atoms with Crippen molar-refractivity contribution in [3.8, 4) is 0 Å². The summed E-state index contributed by atoms with van der Waals surface area (Å²) < 4.78 is 13.3. The van der Waals surface area contributed by atoms with E-state index < -0.39 is 36.5 Å². The van der Waals surface area contributed by atoms with Crippen LogP contribution in [0.15, 0.2) is 54.7 Å². The van der Waals surface area contributed by atoms with E-state index in [2.05, 4.69) is 50.2 Å². The van der Waals surface area contributed by atoms with Crippen molar-refractivity contribution in [2.75, 3.05) is 0 Å². The van der Waals surface area contributed by atoms with Crippen LogP contribution in [0.4, 0.5) is 0 Å². The standard InChI is InChI=1S/C34H43BN4O6/c1-19(2)13-28(35-44-29-25-16-23(33(25,3)4)17-34(29,5)45-35)38-32(42)27(15-22-18-36-26-12-7-6-11-24(22)26)37-30(40)20-9-8-10-21(14-20)31(41)39-43/h6-12,14,18-19,23,25,27-29,36,43H,13,15-17H2,1-5H3,(H,37,40)(H,38,42)(H,39,41)/t23-,25+,27+,28+,29?,34+/m1/s1. The number of hydrogen-bond donors (Lipinski definition) is 5. The Hall–Kier alpha value is -3.67. The Balaban J connectivity index is 1.25. The second-order valence-corrected chi connectivity index (χ2v) is 14.3. The van der Waals surface area contributed by atoms with Crippen LogP contribution in [0.3, 0.4) is 0 Å². The normalized spacial score (nSPS) is 26.1.